The lowest BCUT2D eigenvalue weighted by atomic mass is 9.95. The van der Waals surface area contributed by atoms with Gasteiger partial charge in [0.15, 0.2) is 0 Å². The summed E-state index contributed by atoms with van der Waals surface area (Å²) in [5, 5.41) is 16.3. The summed E-state index contributed by atoms with van der Waals surface area (Å²) in [6.07, 6.45) is 10.1. The van der Waals surface area contributed by atoms with Gasteiger partial charge in [-0.3, -0.25) is 29.3 Å². The number of pyridine rings is 1. The molecule has 4 N–H and O–H groups in total. The molecule has 5 aromatic rings. The highest BCUT2D eigenvalue weighted by Gasteiger charge is 2.27. The van der Waals surface area contributed by atoms with Crippen molar-refractivity contribution in [2.75, 3.05) is 66.2 Å². The smallest absolute Gasteiger partial charge is 0.254 e. The van der Waals surface area contributed by atoms with Crippen molar-refractivity contribution < 1.29 is 14.4 Å². The summed E-state index contributed by atoms with van der Waals surface area (Å²) < 4.78 is 1.78. The summed E-state index contributed by atoms with van der Waals surface area (Å²) >= 11 is 0. The van der Waals surface area contributed by atoms with Crippen LogP contribution in [0, 0.1) is 12.8 Å². The average Bonchev–Trinajstić information content (AvgIpc) is 3.77. The number of benzene rings is 2. The minimum Gasteiger partial charge on any atom is -0.372 e. The third-order valence-electron chi connectivity index (χ3n) is 11.8. The molecule has 3 aliphatic rings. The predicted molar refractivity (Wildman–Crippen MR) is 233 cm³/mol. The first-order valence-corrected chi connectivity index (χ1v) is 21.0. The van der Waals surface area contributed by atoms with Gasteiger partial charge in [0.25, 0.3) is 5.91 Å². The van der Waals surface area contributed by atoms with E-state index in [1.54, 1.807) is 29.5 Å². The van der Waals surface area contributed by atoms with Gasteiger partial charge in [0.1, 0.15) is 11.9 Å². The maximum Gasteiger partial charge on any atom is 0.254 e. The van der Waals surface area contributed by atoms with Crippen molar-refractivity contribution in [2.24, 2.45) is 5.92 Å². The Morgan fingerprint density at radius 3 is 2.35 bits per heavy atom. The van der Waals surface area contributed by atoms with E-state index in [1.807, 2.05) is 51.1 Å². The van der Waals surface area contributed by atoms with Crippen LogP contribution in [0.4, 0.5) is 28.8 Å². The lowest BCUT2D eigenvalue weighted by Gasteiger charge is -2.39. The molecule has 1 unspecified atom stereocenters. The molecule has 3 aromatic heterocycles. The summed E-state index contributed by atoms with van der Waals surface area (Å²) in [7, 11) is 0. The topological polar surface area (TPSA) is 166 Å². The Morgan fingerprint density at radius 1 is 0.867 bits per heavy atom. The van der Waals surface area contributed by atoms with Gasteiger partial charge in [-0.15, -0.1) is 0 Å². The van der Waals surface area contributed by atoms with Gasteiger partial charge in [-0.1, -0.05) is 12.1 Å². The van der Waals surface area contributed by atoms with Crippen LogP contribution in [0.3, 0.4) is 0 Å². The Morgan fingerprint density at radius 2 is 1.65 bits per heavy atom. The lowest BCUT2D eigenvalue weighted by Crippen LogP contribution is -2.49. The number of piperazine rings is 1. The van der Waals surface area contributed by atoms with Crippen LogP contribution in [0.25, 0.3) is 11.3 Å². The fraction of sp³-hybridized carbons (Fsp3) is 0.400. The van der Waals surface area contributed by atoms with Crippen molar-refractivity contribution in [3.8, 4) is 11.3 Å². The number of carbonyl (C=O) groups excluding carboxylic acids is 3. The molecule has 15 nitrogen and oxygen atoms in total. The van der Waals surface area contributed by atoms with E-state index in [0.29, 0.717) is 36.8 Å². The van der Waals surface area contributed by atoms with Crippen LogP contribution in [0.15, 0.2) is 85.5 Å². The van der Waals surface area contributed by atoms with Gasteiger partial charge in [0, 0.05) is 94.2 Å². The highest BCUT2D eigenvalue weighted by atomic mass is 16.2. The molecule has 2 aromatic carbocycles. The van der Waals surface area contributed by atoms with Crippen molar-refractivity contribution >= 4 is 46.5 Å². The van der Waals surface area contributed by atoms with Crippen molar-refractivity contribution in [3.05, 3.63) is 102 Å². The van der Waals surface area contributed by atoms with Crippen molar-refractivity contribution in [2.45, 2.75) is 65.1 Å². The SMILES string of the molecule is Cc1cc(-c2ccnc(Nc3ccc(N4CCC(CN5CCN(c6ccc(NC7CCC(=O)NC7=O)cn6)CC5)CC4)cc3)n2)ccc1CNC(=O)c1cnn(C(C)C)c1. The molecule has 3 amide bonds. The number of amides is 3. The minimum absolute atomic E-state index is 0.142. The summed E-state index contributed by atoms with van der Waals surface area (Å²) in [5.74, 6) is 1.53. The van der Waals surface area contributed by atoms with Gasteiger partial charge in [-0.25, -0.2) is 15.0 Å². The third-order valence-corrected chi connectivity index (χ3v) is 11.8. The first kappa shape index (κ1) is 40.4. The van der Waals surface area contributed by atoms with E-state index in [4.69, 9.17) is 4.98 Å². The van der Waals surface area contributed by atoms with Gasteiger partial charge in [-0.05, 0) is 106 Å². The normalized spacial score (nSPS) is 17.8. The number of hydrogen-bond donors (Lipinski definition) is 4. The number of nitrogens with zero attached hydrogens (tertiary/aromatic N) is 8. The molecule has 3 aliphatic heterocycles. The molecule has 1 atom stereocenters. The summed E-state index contributed by atoms with van der Waals surface area (Å²) in [4.78, 5) is 57.6. The van der Waals surface area contributed by atoms with Crippen molar-refractivity contribution in [1.82, 2.24) is 40.3 Å². The van der Waals surface area contributed by atoms with E-state index in [2.05, 4.69) is 81.4 Å². The molecule has 0 bridgehead atoms. The second kappa shape index (κ2) is 18.3. The molecule has 3 saturated heterocycles. The number of rotatable bonds is 13. The highest BCUT2D eigenvalue weighted by Crippen LogP contribution is 2.28. The zero-order valence-electron chi connectivity index (χ0n) is 34.6. The second-order valence-electron chi connectivity index (χ2n) is 16.3. The standard InChI is InChI=1S/C45H54N12O3/c1-30(2)57-29-35(26-49-57)43(59)48-25-34-5-4-33(24-31(34)3)39-14-17-46-45(52-39)51-36-6-9-38(10-7-36)55-18-15-32(16-19-55)28-54-20-22-56(23-21-54)41-12-8-37(27-47-41)50-40-11-13-42(58)53-44(40)60/h4-10,12,14,17,24,26-27,29-30,32,40,50H,11,13,15-16,18-23,25,28H2,1-3H3,(H,48,59)(H,46,51,52)(H,53,58,60). The molecule has 60 heavy (non-hydrogen) atoms. The maximum atomic E-state index is 12.7. The van der Waals surface area contributed by atoms with Crippen LogP contribution in [-0.2, 0) is 16.1 Å². The Labute approximate surface area is 351 Å². The van der Waals surface area contributed by atoms with Gasteiger partial charge in [-0.2, -0.15) is 5.10 Å². The van der Waals surface area contributed by atoms with Gasteiger partial charge >= 0.3 is 0 Å². The van der Waals surface area contributed by atoms with Crippen LogP contribution < -0.4 is 31.1 Å². The monoisotopic (exact) mass is 810 g/mol. The van der Waals surface area contributed by atoms with E-state index in [-0.39, 0.29) is 23.8 Å². The Balaban J connectivity index is 0.763. The van der Waals surface area contributed by atoms with E-state index >= 15 is 0 Å². The van der Waals surface area contributed by atoms with E-state index in [0.717, 1.165) is 85.4 Å². The molecule has 3 fully saturated rings. The highest BCUT2D eigenvalue weighted by molar-refractivity contribution is 6.01. The van der Waals surface area contributed by atoms with Gasteiger partial charge < -0.3 is 25.8 Å². The quantitative estimate of drug-likeness (QED) is 0.110. The van der Waals surface area contributed by atoms with E-state index in [1.165, 1.54) is 18.5 Å². The summed E-state index contributed by atoms with van der Waals surface area (Å²) in [6.45, 7) is 13.6. The Bertz CT molecular complexity index is 2280. The molecule has 6 heterocycles. The fourth-order valence-electron chi connectivity index (χ4n) is 8.12. The van der Waals surface area contributed by atoms with E-state index in [9.17, 15) is 14.4 Å². The first-order chi connectivity index (χ1) is 29.1. The molecular weight excluding hydrogens is 757 g/mol. The van der Waals surface area contributed by atoms with Gasteiger partial charge in [0.05, 0.1) is 29.3 Å². The number of nitrogens with one attached hydrogen (secondary N) is 4. The molecule has 0 aliphatic carbocycles. The molecule has 0 spiro atoms. The second-order valence-corrected chi connectivity index (χ2v) is 16.3. The maximum absolute atomic E-state index is 12.7. The number of aromatic nitrogens is 5. The zero-order chi connectivity index (χ0) is 41.6. The molecule has 0 radical (unpaired) electrons. The minimum atomic E-state index is -0.412. The third kappa shape index (κ3) is 9.91. The molecule has 8 rings (SSSR count). The van der Waals surface area contributed by atoms with Crippen LogP contribution in [0.1, 0.15) is 67.1 Å². The number of aryl methyl sites for hydroxylation is 1. The Hall–Kier alpha value is -6.35. The number of piperidine rings is 2. The van der Waals surface area contributed by atoms with E-state index < -0.39 is 6.04 Å². The van der Waals surface area contributed by atoms with Crippen LogP contribution in [-0.4, -0.2) is 99.2 Å². The fourth-order valence-corrected chi connectivity index (χ4v) is 8.12. The average molecular weight is 811 g/mol. The summed E-state index contributed by atoms with van der Waals surface area (Å²) in [5.41, 5.74) is 7.40. The van der Waals surface area contributed by atoms with Crippen LogP contribution >= 0.6 is 0 Å². The molecule has 15 heteroatoms. The number of carbonyl (C=O) groups is 3. The number of hydrogen-bond acceptors (Lipinski definition) is 12. The summed E-state index contributed by atoms with van der Waals surface area (Å²) in [6, 6.07) is 20.4. The molecule has 312 valence electrons. The first-order valence-electron chi connectivity index (χ1n) is 21.0. The molecular formula is C45H54N12O3. The van der Waals surface area contributed by atoms with Crippen molar-refractivity contribution in [3.63, 3.8) is 0 Å². The predicted octanol–water partition coefficient (Wildman–Crippen LogP) is 5.55. The van der Waals surface area contributed by atoms with Crippen LogP contribution in [0.2, 0.25) is 0 Å². The van der Waals surface area contributed by atoms with Gasteiger partial charge in [0.2, 0.25) is 17.8 Å². The zero-order valence-corrected chi connectivity index (χ0v) is 34.6. The Kier molecular flexibility index (Phi) is 12.3. The molecule has 0 saturated carbocycles. The lowest BCUT2D eigenvalue weighted by molar-refractivity contribution is -0.133. The largest absolute Gasteiger partial charge is 0.372 e. The number of imide groups is 1. The van der Waals surface area contributed by atoms with Crippen LogP contribution in [0.5, 0.6) is 0 Å². The number of anilines is 5. The van der Waals surface area contributed by atoms with Crippen molar-refractivity contribution in [1.29, 1.82) is 0 Å².